The molecule has 0 amide bonds. The predicted molar refractivity (Wildman–Crippen MR) is 78.5 cm³/mol. The first-order chi connectivity index (χ1) is 9.56. The molecule has 2 aromatic carbocycles. The third-order valence-electron chi connectivity index (χ3n) is 2.72. The minimum atomic E-state index is -0.897. The maximum absolute atomic E-state index is 13.0. The van der Waals surface area contributed by atoms with Crippen molar-refractivity contribution in [1.82, 2.24) is 0 Å². The van der Waals surface area contributed by atoms with Crippen LogP contribution in [0.5, 0.6) is 0 Å². The molecular formula is C16H11BrF2O. The van der Waals surface area contributed by atoms with Crippen LogP contribution in [0.15, 0.2) is 53.0 Å². The molecule has 0 aromatic heterocycles. The first-order valence-corrected chi connectivity index (χ1v) is 6.76. The molecule has 2 aromatic rings. The number of allylic oxidation sites excluding steroid dienone is 1. The minimum Gasteiger partial charge on any atom is -0.294 e. The molecule has 20 heavy (non-hydrogen) atoms. The summed E-state index contributed by atoms with van der Waals surface area (Å²) in [5, 5.41) is 0. The Balaban J connectivity index is 2.00. The average Bonchev–Trinajstić information content (AvgIpc) is 2.43. The first kappa shape index (κ1) is 14.6. The van der Waals surface area contributed by atoms with Crippen molar-refractivity contribution in [3.8, 4) is 0 Å². The molecule has 0 aliphatic carbocycles. The van der Waals surface area contributed by atoms with Gasteiger partial charge in [0.15, 0.2) is 17.4 Å². The molecule has 0 spiro atoms. The molecule has 0 aliphatic heterocycles. The van der Waals surface area contributed by atoms with Crippen LogP contribution >= 0.6 is 15.9 Å². The number of hydrogen-bond acceptors (Lipinski definition) is 1. The zero-order valence-corrected chi connectivity index (χ0v) is 12.0. The molecule has 0 N–H and O–H groups in total. The molecule has 0 radical (unpaired) electrons. The van der Waals surface area contributed by atoms with Crippen molar-refractivity contribution in [2.45, 2.75) is 6.42 Å². The van der Waals surface area contributed by atoms with Crippen LogP contribution in [0.25, 0.3) is 6.08 Å². The van der Waals surface area contributed by atoms with Gasteiger partial charge in [0.05, 0.1) is 0 Å². The molecule has 4 heteroatoms. The van der Waals surface area contributed by atoms with Gasteiger partial charge in [-0.3, -0.25) is 4.79 Å². The van der Waals surface area contributed by atoms with Crippen LogP contribution < -0.4 is 0 Å². The molecule has 1 nitrogen and oxygen atoms in total. The van der Waals surface area contributed by atoms with Gasteiger partial charge in [-0.25, -0.2) is 8.78 Å². The second kappa shape index (κ2) is 6.57. The van der Waals surface area contributed by atoms with E-state index in [2.05, 4.69) is 15.9 Å². The number of carbonyl (C=O) groups is 1. The predicted octanol–water partition coefficient (Wildman–Crippen LogP) is 5.01. The Kier molecular flexibility index (Phi) is 4.79. The quantitative estimate of drug-likeness (QED) is 0.717. The standard InChI is InChI=1S/C16H11BrF2O/c17-13-7-5-12(6-8-13)16(20)3-1-2-11-4-9-14(18)15(19)10-11/h1-2,4-10H,3H2/b2-1+. The van der Waals surface area contributed by atoms with E-state index in [9.17, 15) is 13.6 Å². The second-order valence-electron chi connectivity index (χ2n) is 4.21. The summed E-state index contributed by atoms with van der Waals surface area (Å²) in [6.07, 6.45) is 3.44. The highest BCUT2D eigenvalue weighted by molar-refractivity contribution is 9.10. The summed E-state index contributed by atoms with van der Waals surface area (Å²) < 4.78 is 26.6. The second-order valence-corrected chi connectivity index (χ2v) is 5.13. The fourth-order valence-corrected chi connectivity index (χ4v) is 1.94. The molecule has 102 valence electrons. The van der Waals surface area contributed by atoms with Crippen LogP contribution in [0.2, 0.25) is 0 Å². The van der Waals surface area contributed by atoms with Crippen molar-refractivity contribution < 1.29 is 13.6 Å². The molecular weight excluding hydrogens is 326 g/mol. The topological polar surface area (TPSA) is 17.1 Å². The summed E-state index contributed by atoms with van der Waals surface area (Å²) in [5.74, 6) is -1.81. The number of benzene rings is 2. The normalized spacial score (nSPS) is 10.9. The summed E-state index contributed by atoms with van der Waals surface area (Å²) in [4.78, 5) is 11.9. The van der Waals surface area contributed by atoms with Crippen molar-refractivity contribution in [3.63, 3.8) is 0 Å². The van der Waals surface area contributed by atoms with Gasteiger partial charge >= 0.3 is 0 Å². The highest BCUT2D eigenvalue weighted by Gasteiger charge is 2.03. The van der Waals surface area contributed by atoms with Gasteiger partial charge in [0, 0.05) is 16.5 Å². The fourth-order valence-electron chi connectivity index (χ4n) is 1.67. The van der Waals surface area contributed by atoms with Crippen molar-refractivity contribution in [3.05, 3.63) is 75.8 Å². The van der Waals surface area contributed by atoms with Crippen molar-refractivity contribution >= 4 is 27.8 Å². The van der Waals surface area contributed by atoms with Gasteiger partial charge in [-0.1, -0.05) is 46.3 Å². The van der Waals surface area contributed by atoms with E-state index in [-0.39, 0.29) is 12.2 Å². The van der Waals surface area contributed by atoms with E-state index >= 15 is 0 Å². The van der Waals surface area contributed by atoms with Gasteiger partial charge in [-0.15, -0.1) is 0 Å². The Bertz CT molecular complexity index is 648. The molecule has 0 atom stereocenters. The lowest BCUT2D eigenvalue weighted by Crippen LogP contribution is -1.96. The summed E-state index contributed by atoms with van der Waals surface area (Å²) in [5.41, 5.74) is 1.13. The van der Waals surface area contributed by atoms with E-state index in [1.54, 1.807) is 36.4 Å². The van der Waals surface area contributed by atoms with Gasteiger partial charge < -0.3 is 0 Å². The number of rotatable bonds is 4. The van der Waals surface area contributed by atoms with Gasteiger partial charge in [-0.05, 0) is 29.8 Å². The third kappa shape index (κ3) is 3.84. The van der Waals surface area contributed by atoms with Crippen LogP contribution in [-0.4, -0.2) is 5.78 Å². The molecule has 0 unspecified atom stereocenters. The zero-order chi connectivity index (χ0) is 14.5. The van der Waals surface area contributed by atoms with E-state index in [1.165, 1.54) is 6.07 Å². The van der Waals surface area contributed by atoms with E-state index in [4.69, 9.17) is 0 Å². The van der Waals surface area contributed by atoms with Crippen molar-refractivity contribution in [2.75, 3.05) is 0 Å². The lowest BCUT2D eigenvalue weighted by molar-refractivity contribution is 0.0996. The van der Waals surface area contributed by atoms with Crippen LogP contribution in [0.1, 0.15) is 22.3 Å². The largest absolute Gasteiger partial charge is 0.294 e. The van der Waals surface area contributed by atoms with E-state index in [0.717, 1.165) is 16.6 Å². The molecule has 0 aliphatic rings. The van der Waals surface area contributed by atoms with Crippen LogP contribution in [-0.2, 0) is 0 Å². The highest BCUT2D eigenvalue weighted by atomic mass is 79.9. The first-order valence-electron chi connectivity index (χ1n) is 5.96. The average molecular weight is 337 g/mol. The monoisotopic (exact) mass is 336 g/mol. The maximum atomic E-state index is 13.0. The SMILES string of the molecule is O=C(C/C=C/c1ccc(F)c(F)c1)c1ccc(Br)cc1. The Labute approximate surface area is 124 Å². The molecule has 0 bridgehead atoms. The van der Waals surface area contributed by atoms with E-state index < -0.39 is 11.6 Å². The number of ketones is 1. The minimum absolute atomic E-state index is 0.0312. The summed E-state index contributed by atoms with van der Waals surface area (Å²) >= 11 is 3.30. The van der Waals surface area contributed by atoms with E-state index in [0.29, 0.717) is 11.1 Å². The van der Waals surface area contributed by atoms with Gasteiger partial charge in [0.1, 0.15) is 0 Å². The highest BCUT2D eigenvalue weighted by Crippen LogP contribution is 2.13. The Morgan fingerprint density at radius 1 is 1.05 bits per heavy atom. The molecule has 0 saturated carbocycles. The summed E-state index contributed by atoms with van der Waals surface area (Å²) in [6, 6.07) is 10.7. The van der Waals surface area contributed by atoms with Crippen LogP contribution in [0.3, 0.4) is 0 Å². The number of hydrogen-bond donors (Lipinski definition) is 0. The van der Waals surface area contributed by atoms with Gasteiger partial charge in [0.2, 0.25) is 0 Å². The number of Topliss-reactive ketones (excluding diaryl/α,β-unsaturated/α-hetero) is 1. The van der Waals surface area contributed by atoms with Gasteiger partial charge in [-0.2, -0.15) is 0 Å². The molecule has 2 rings (SSSR count). The fraction of sp³-hybridized carbons (Fsp3) is 0.0625. The Hall–Kier alpha value is -1.81. The smallest absolute Gasteiger partial charge is 0.166 e. The summed E-state index contributed by atoms with van der Waals surface area (Å²) in [7, 11) is 0. The lowest BCUT2D eigenvalue weighted by Gasteiger charge is -1.98. The maximum Gasteiger partial charge on any atom is 0.166 e. The van der Waals surface area contributed by atoms with Crippen LogP contribution in [0.4, 0.5) is 8.78 Å². The Morgan fingerprint density at radius 3 is 2.40 bits per heavy atom. The summed E-state index contributed by atoms with van der Waals surface area (Å²) in [6.45, 7) is 0. The molecule has 0 saturated heterocycles. The number of halogens is 3. The third-order valence-corrected chi connectivity index (χ3v) is 3.25. The lowest BCUT2D eigenvalue weighted by atomic mass is 10.1. The zero-order valence-electron chi connectivity index (χ0n) is 10.4. The molecule has 0 heterocycles. The van der Waals surface area contributed by atoms with Crippen LogP contribution in [0, 0.1) is 11.6 Å². The molecule has 0 fully saturated rings. The van der Waals surface area contributed by atoms with E-state index in [1.807, 2.05) is 0 Å². The van der Waals surface area contributed by atoms with Crippen molar-refractivity contribution in [2.24, 2.45) is 0 Å². The Morgan fingerprint density at radius 2 is 1.75 bits per heavy atom. The van der Waals surface area contributed by atoms with Gasteiger partial charge in [0.25, 0.3) is 0 Å². The number of carbonyl (C=O) groups excluding carboxylic acids is 1. The van der Waals surface area contributed by atoms with Crippen molar-refractivity contribution in [1.29, 1.82) is 0 Å².